The molecule has 0 bridgehead atoms. The molecule has 0 saturated carbocycles. The van der Waals surface area contributed by atoms with E-state index in [1.807, 2.05) is 0 Å². The van der Waals surface area contributed by atoms with Gasteiger partial charge in [-0.05, 0) is 42.0 Å². The lowest BCUT2D eigenvalue weighted by Gasteiger charge is -2.08. The second-order valence-corrected chi connectivity index (χ2v) is 7.01. The Morgan fingerprint density at radius 2 is 1.80 bits per heavy atom. The molecule has 0 fully saturated rings. The van der Waals surface area contributed by atoms with E-state index >= 15 is 0 Å². The fourth-order valence-electron chi connectivity index (χ4n) is 2.17. The van der Waals surface area contributed by atoms with E-state index in [4.69, 9.17) is 9.47 Å². The van der Waals surface area contributed by atoms with Crippen molar-refractivity contribution in [3.63, 3.8) is 0 Å². The molecule has 132 valence electrons. The maximum absolute atomic E-state index is 12.8. The molecular weight excluding hydrogens is 351 g/mol. The van der Waals surface area contributed by atoms with Crippen LogP contribution < -0.4 is 19.5 Å². The predicted octanol–water partition coefficient (Wildman–Crippen LogP) is 1.15. The summed E-state index contributed by atoms with van der Waals surface area (Å²) in [5.41, 5.74) is 0.791. The summed E-state index contributed by atoms with van der Waals surface area (Å²) < 4.78 is 49.5. The molecule has 7 nitrogen and oxygen atoms in total. The molecule has 0 aromatic heterocycles. The molecule has 1 amide bonds. The molecular formula is C16H15FN2O5S. The maximum Gasteiger partial charge on any atom is 0.241 e. The lowest BCUT2D eigenvalue weighted by Crippen LogP contribution is -2.36. The number of benzene rings is 2. The largest absolute Gasteiger partial charge is 0.454 e. The summed E-state index contributed by atoms with van der Waals surface area (Å²) in [5.74, 6) is 0.203. The third-order valence-electron chi connectivity index (χ3n) is 3.47. The minimum atomic E-state index is -3.88. The van der Waals surface area contributed by atoms with Gasteiger partial charge in [0.15, 0.2) is 11.5 Å². The van der Waals surface area contributed by atoms with E-state index < -0.39 is 28.3 Å². The first-order chi connectivity index (χ1) is 11.9. The van der Waals surface area contributed by atoms with Crippen molar-refractivity contribution < 1.29 is 27.1 Å². The predicted molar refractivity (Wildman–Crippen MR) is 86.0 cm³/mol. The number of amides is 1. The minimum absolute atomic E-state index is 0.113. The van der Waals surface area contributed by atoms with E-state index in [0.29, 0.717) is 11.5 Å². The first kappa shape index (κ1) is 17.2. The Bertz CT molecular complexity index is 884. The summed E-state index contributed by atoms with van der Waals surface area (Å²) in [6, 6.07) is 9.58. The van der Waals surface area contributed by atoms with Gasteiger partial charge in [0.05, 0.1) is 11.4 Å². The lowest BCUT2D eigenvalue weighted by atomic mass is 10.2. The Balaban J connectivity index is 1.52. The number of hydrogen-bond acceptors (Lipinski definition) is 5. The second-order valence-electron chi connectivity index (χ2n) is 5.24. The monoisotopic (exact) mass is 366 g/mol. The van der Waals surface area contributed by atoms with Crippen LogP contribution in [0.3, 0.4) is 0 Å². The van der Waals surface area contributed by atoms with Crippen molar-refractivity contribution in [2.75, 3.05) is 13.3 Å². The minimum Gasteiger partial charge on any atom is -0.454 e. The zero-order chi connectivity index (χ0) is 17.9. The van der Waals surface area contributed by atoms with Crippen LogP contribution >= 0.6 is 0 Å². The van der Waals surface area contributed by atoms with Crippen LogP contribution in [0.15, 0.2) is 47.4 Å². The van der Waals surface area contributed by atoms with Gasteiger partial charge in [-0.1, -0.05) is 6.07 Å². The topological polar surface area (TPSA) is 93.7 Å². The Labute approximate surface area is 143 Å². The van der Waals surface area contributed by atoms with Gasteiger partial charge in [-0.25, -0.2) is 17.5 Å². The molecule has 2 N–H and O–H groups in total. The van der Waals surface area contributed by atoms with E-state index in [1.54, 1.807) is 18.2 Å². The number of carbonyl (C=O) groups excluding carboxylic acids is 1. The normalized spacial score (nSPS) is 12.8. The molecule has 2 aromatic rings. The number of sulfonamides is 1. The second kappa shape index (κ2) is 7.08. The molecule has 1 heterocycles. The number of hydrogen-bond donors (Lipinski definition) is 2. The maximum atomic E-state index is 12.8. The molecule has 0 atom stereocenters. The Morgan fingerprint density at radius 1 is 1.08 bits per heavy atom. The van der Waals surface area contributed by atoms with E-state index in [0.717, 1.165) is 29.8 Å². The zero-order valence-corrected chi connectivity index (χ0v) is 13.8. The van der Waals surface area contributed by atoms with Crippen molar-refractivity contribution in [1.82, 2.24) is 10.0 Å². The molecule has 0 spiro atoms. The van der Waals surface area contributed by atoms with Crippen molar-refractivity contribution in [2.24, 2.45) is 0 Å². The molecule has 0 radical (unpaired) electrons. The summed E-state index contributed by atoms with van der Waals surface area (Å²) in [6.07, 6.45) is 0. The molecule has 0 unspecified atom stereocenters. The highest BCUT2D eigenvalue weighted by Gasteiger charge is 2.16. The molecule has 2 aromatic carbocycles. The SMILES string of the molecule is O=C(CNS(=O)(=O)c1ccc(F)cc1)NCc1ccc2c(c1)OCO2. The lowest BCUT2D eigenvalue weighted by molar-refractivity contribution is -0.120. The van der Waals surface area contributed by atoms with Crippen molar-refractivity contribution in [2.45, 2.75) is 11.4 Å². The standard InChI is InChI=1S/C16H15FN2O5S/c17-12-2-4-13(5-3-12)25(21,22)19-9-16(20)18-8-11-1-6-14-15(7-11)24-10-23-14/h1-7,19H,8-10H2,(H,18,20). The van der Waals surface area contributed by atoms with Gasteiger partial charge in [-0.3, -0.25) is 4.79 Å². The molecule has 0 aliphatic carbocycles. The molecule has 0 saturated heterocycles. The number of nitrogens with one attached hydrogen (secondary N) is 2. The number of ether oxygens (including phenoxy) is 2. The zero-order valence-electron chi connectivity index (χ0n) is 13.0. The summed E-state index contributed by atoms with van der Waals surface area (Å²) in [5, 5.41) is 2.60. The van der Waals surface area contributed by atoms with Crippen LogP contribution in [-0.2, 0) is 21.4 Å². The quantitative estimate of drug-likeness (QED) is 0.800. The van der Waals surface area contributed by atoms with Crippen molar-refractivity contribution in [3.8, 4) is 11.5 Å². The molecule has 9 heteroatoms. The van der Waals surface area contributed by atoms with Crippen LogP contribution in [0.2, 0.25) is 0 Å². The summed E-state index contributed by atoms with van der Waals surface area (Å²) in [4.78, 5) is 11.7. The fraction of sp³-hybridized carbons (Fsp3) is 0.188. The average Bonchev–Trinajstić information content (AvgIpc) is 3.06. The average molecular weight is 366 g/mol. The van der Waals surface area contributed by atoms with Crippen LogP contribution in [0, 0.1) is 5.82 Å². The van der Waals surface area contributed by atoms with Gasteiger partial charge in [0, 0.05) is 6.54 Å². The fourth-order valence-corrected chi connectivity index (χ4v) is 3.15. The van der Waals surface area contributed by atoms with Crippen LogP contribution in [-0.4, -0.2) is 27.7 Å². The van der Waals surface area contributed by atoms with E-state index in [2.05, 4.69) is 10.0 Å². The number of fused-ring (bicyclic) bond motifs is 1. The van der Waals surface area contributed by atoms with Gasteiger partial charge in [0.25, 0.3) is 0 Å². The van der Waals surface area contributed by atoms with Crippen LogP contribution in [0.25, 0.3) is 0 Å². The highest BCUT2D eigenvalue weighted by atomic mass is 32.2. The third-order valence-corrected chi connectivity index (χ3v) is 4.89. The van der Waals surface area contributed by atoms with Crippen LogP contribution in [0.5, 0.6) is 11.5 Å². The molecule has 3 rings (SSSR count). The molecule has 1 aliphatic rings. The first-order valence-corrected chi connectivity index (χ1v) is 8.83. The summed E-state index contributed by atoms with van der Waals surface area (Å²) >= 11 is 0. The van der Waals surface area contributed by atoms with Crippen LogP contribution in [0.4, 0.5) is 4.39 Å². The number of carbonyl (C=O) groups is 1. The number of rotatable bonds is 6. The van der Waals surface area contributed by atoms with Crippen molar-refractivity contribution in [3.05, 3.63) is 53.8 Å². The highest BCUT2D eigenvalue weighted by Crippen LogP contribution is 2.32. The summed E-state index contributed by atoms with van der Waals surface area (Å²) in [7, 11) is -3.88. The van der Waals surface area contributed by atoms with Gasteiger partial charge in [-0.2, -0.15) is 0 Å². The van der Waals surface area contributed by atoms with E-state index in [1.165, 1.54) is 0 Å². The van der Waals surface area contributed by atoms with E-state index in [9.17, 15) is 17.6 Å². The first-order valence-electron chi connectivity index (χ1n) is 7.34. The van der Waals surface area contributed by atoms with Gasteiger partial charge in [0.2, 0.25) is 22.7 Å². The van der Waals surface area contributed by atoms with Gasteiger partial charge in [0.1, 0.15) is 5.82 Å². The van der Waals surface area contributed by atoms with Crippen LogP contribution in [0.1, 0.15) is 5.56 Å². The smallest absolute Gasteiger partial charge is 0.241 e. The number of halogens is 1. The van der Waals surface area contributed by atoms with Gasteiger partial charge < -0.3 is 14.8 Å². The van der Waals surface area contributed by atoms with Crippen molar-refractivity contribution in [1.29, 1.82) is 0 Å². The molecule has 25 heavy (non-hydrogen) atoms. The Kier molecular flexibility index (Phi) is 4.86. The van der Waals surface area contributed by atoms with Gasteiger partial charge in [-0.15, -0.1) is 0 Å². The summed E-state index contributed by atoms with van der Waals surface area (Å²) in [6.45, 7) is -0.0473. The Hall–Kier alpha value is -2.65. The highest BCUT2D eigenvalue weighted by molar-refractivity contribution is 7.89. The Morgan fingerprint density at radius 3 is 2.56 bits per heavy atom. The molecule has 1 aliphatic heterocycles. The van der Waals surface area contributed by atoms with Crippen molar-refractivity contribution >= 4 is 15.9 Å². The third kappa shape index (κ3) is 4.25. The van der Waals surface area contributed by atoms with Gasteiger partial charge >= 0.3 is 0 Å². The van der Waals surface area contributed by atoms with E-state index in [-0.39, 0.29) is 18.2 Å².